The number of aromatic nitrogens is 1. The van der Waals surface area contributed by atoms with Gasteiger partial charge in [0.25, 0.3) is 5.56 Å². The number of hydrogen-bond donors (Lipinski definition) is 0. The van der Waals surface area contributed by atoms with E-state index >= 15 is 0 Å². The molecule has 0 fully saturated rings. The molecule has 0 saturated heterocycles. The van der Waals surface area contributed by atoms with Crippen LogP contribution in [0.5, 0.6) is 17.2 Å². The van der Waals surface area contributed by atoms with Gasteiger partial charge in [-0.15, -0.1) is 0 Å². The number of unbranched alkanes of at least 4 members (excludes halogenated alkanes) is 1. The van der Waals surface area contributed by atoms with Crippen molar-refractivity contribution in [2.75, 3.05) is 20.3 Å². The van der Waals surface area contributed by atoms with Crippen molar-refractivity contribution in [3.63, 3.8) is 0 Å². The van der Waals surface area contributed by atoms with Gasteiger partial charge < -0.3 is 18.9 Å². The Morgan fingerprint density at radius 3 is 2.56 bits per heavy atom. The maximum Gasteiger partial charge on any atom is 0.338 e. The third kappa shape index (κ3) is 6.66. The van der Waals surface area contributed by atoms with E-state index in [0.717, 1.165) is 24.2 Å². The van der Waals surface area contributed by atoms with Gasteiger partial charge in [-0.3, -0.25) is 14.2 Å². The topological polar surface area (TPSA) is 105 Å². The second-order valence-corrected chi connectivity index (χ2v) is 10.3. The molecule has 214 valence electrons. The lowest BCUT2D eigenvalue weighted by Gasteiger charge is -2.25. The van der Waals surface area contributed by atoms with Crippen LogP contribution in [-0.4, -0.2) is 36.8 Å². The molecular weight excluding hydrogens is 544 g/mol. The Morgan fingerprint density at radius 2 is 1.90 bits per heavy atom. The zero-order chi connectivity index (χ0) is 29.5. The summed E-state index contributed by atoms with van der Waals surface area (Å²) in [6, 6.07) is 11.5. The zero-order valence-corrected chi connectivity index (χ0v) is 24.3. The van der Waals surface area contributed by atoms with E-state index in [9.17, 15) is 14.4 Å². The normalized spacial score (nSPS) is 14.6. The summed E-state index contributed by atoms with van der Waals surface area (Å²) in [7, 11) is 1.44. The van der Waals surface area contributed by atoms with Gasteiger partial charge in [0.1, 0.15) is 12.4 Å². The SMILES string of the molecule is C=CCOC(=O)C1=C(C)N=c2sc(=Cc3ccc(OCCCC)cc3)c(=O)n2C1c1ccc(OC(C)=O)c(OC)c1. The van der Waals surface area contributed by atoms with Gasteiger partial charge in [0, 0.05) is 6.92 Å². The molecule has 0 radical (unpaired) electrons. The minimum absolute atomic E-state index is 0.000378. The molecule has 1 aliphatic heterocycles. The molecule has 9 nitrogen and oxygen atoms in total. The summed E-state index contributed by atoms with van der Waals surface area (Å²) in [6.45, 7) is 9.36. The van der Waals surface area contributed by atoms with Gasteiger partial charge in [-0.1, -0.05) is 55.5 Å². The molecule has 2 heterocycles. The van der Waals surface area contributed by atoms with Crippen molar-refractivity contribution in [2.45, 2.75) is 39.7 Å². The fraction of sp³-hybridized carbons (Fsp3) is 0.290. The molecule has 1 aromatic heterocycles. The van der Waals surface area contributed by atoms with Gasteiger partial charge in [-0.2, -0.15) is 0 Å². The Kier molecular flexibility index (Phi) is 9.57. The number of fused-ring (bicyclic) bond motifs is 1. The summed E-state index contributed by atoms with van der Waals surface area (Å²) < 4.78 is 23.8. The summed E-state index contributed by atoms with van der Waals surface area (Å²) in [4.78, 5) is 43.7. The number of allylic oxidation sites excluding steroid dienone is 1. The third-order valence-corrected chi connectivity index (χ3v) is 7.26. The van der Waals surface area contributed by atoms with Crippen LogP contribution in [0.4, 0.5) is 0 Å². The fourth-order valence-corrected chi connectivity index (χ4v) is 5.40. The number of carbonyl (C=O) groups excluding carboxylic acids is 2. The third-order valence-electron chi connectivity index (χ3n) is 6.28. The molecule has 10 heteroatoms. The number of thiazole rings is 1. The molecule has 41 heavy (non-hydrogen) atoms. The number of esters is 2. The second kappa shape index (κ2) is 13.3. The van der Waals surface area contributed by atoms with Crippen LogP contribution in [0, 0.1) is 0 Å². The molecule has 1 aliphatic rings. The minimum Gasteiger partial charge on any atom is -0.494 e. The molecule has 3 aromatic rings. The van der Waals surface area contributed by atoms with E-state index in [4.69, 9.17) is 18.9 Å². The Morgan fingerprint density at radius 1 is 1.15 bits per heavy atom. The zero-order valence-electron chi connectivity index (χ0n) is 23.5. The summed E-state index contributed by atoms with van der Waals surface area (Å²) in [5, 5.41) is 0. The maximum atomic E-state index is 13.9. The van der Waals surface area contributed by atoms with Gasteiger partial charge in [0.2, 0.25) is 0 Å². The molecule has 1 atom stereocenters. The van der Waals surface area contributed by atoms with E-state index in [1.165, 1.54) is 36.0 Å². The first kappa shape index (κ1) is 29.5. The highest BCUT2D eigenvalue weighted by molar-refractivity contribution is 7.07. The first-order chi connectivity index (χ1) is 19.8. The van der Waals surface area contributed by atoms with E-state index in [-0.39, 0.29) is 29.2 Å². The van der Waals surface area contributed by atoms with Crippen molar-refractivity contribution in [3.05, 3.63) is 97.2 Å². The van der Waals surface area contributed by atoms with Crippen LogP contribution in [0.15, 0.2) is 76.2 Å². The van der Waals surface area contributed by atoms with Crippen LogP contribution in [0.3, 0.4) is 0 Å². The summed E-state index contributed by atoms with van der Waals surface area (Å²) in [5.41, 5.74) is 1.70. The quantitative estimate of drug-likeness (QED) is 0.147. The van der Waals surface area contributed by atoms with E-state index in [1.807, 2.05) is 24.3 Å². The second-order valence-electron chi connectivity index (χ2n) is 9.24. The molecule has 2 aromatic carbocycles. The molecule has 0 amide bonds. The van der Waals surface area contributed by atoms with Crippen molar-refractivity contribution < 1.29 is 28.5 Å². The van der Waals surface area contributed by atoms with Gasteiger partial charge in [0.05, 0.1) is 35.6 Å². The number of benzene rings is 2. The van der Waals surface area contributed by atoms with Crippen LogP contribution in [-0.2, 0) is 14.3 Å². The largest absolute Gasteiger partial charge is 0.494 e. The predicted molar refractivity (Wildman–Crippen MR) is 156 cm³/mol. The van der Waals surface area contributed by atoms with Gasteiger partial charge in [0.15, 0.2) is 16.3 Å². The smallest absolute Gasteiger partial charge is 0.338 e. The standard InChI is InChI=1S/C31H32N2O7S/c1-6-8-16-38-23-12-9-21(10-13-23)17-26-29(35)33-28(22-11-14-24(40-20(4)34)25(18-22)37-5)27(30(36)39-15-7-2)19(3)32-31(33)41-26/h7,9-14,17-18,28H,2,6,8,15-16H2,1,3-5H3. The van der Waals surface area contributed by atoms with Gasteiger partial charge in [-0.25, -0.2) is 9.79 Å². The molecule has 1 unspecified atom stereocenters. The molecule has 0 N–H and O–H groups in total. The van der Waals surface area contributed by atoms with Crippen LogP contribution >= 0.6 is 11.3 Å². The van der Waals surface area contributed by atoms with Crippen molar-refractivity contribution in [3.8, 4) is 17.2 Å². The summed E-state index contributed by atoms with van der Waals surface area (Å²) in [5.74, 6) is 0.131. The van der Waals surface area contributed by atoms with E-state index < -0.39 is 18.0 Å². The van der Waals surface area contributed by atoms with Crippen molar-refractivity contribution >= 4 is 29.4 Å². The lowest BCUT2D eigenvalue weighted by atomic mass is 9.95. The molecule has 0 saturated carbocycles. The Bertz CT molecular complexity index is 1670. The fourth-order valence-electron chi connectivity index (χ4n) is 4.35. The number of methoxy groups -OCH3 is 1. The first-order valence-electron chi connectivity index (χ1n) is 13.2. The summed E-state index contributed by atoms with van der Waals surface area (Å²) in [6.07, 6.45) is 5.28. The Balaban J connectivity index is 1.83. The molecule has 0 bridgehead atoms. The Hall–Kier alpha value is -4.44. The number of ether oxygens (including phenoxy) is 4. The average Bonchev–Trinajstić information content (AvgIpc) is 3.25. The number of nitrogens with zero attached hydrogens (tertiary/aromatic N) is 2. The highest BCUT2D eigenvalue weighted by atomic mass is 32.1. The summed E-state index contributed by atoms with van der Waals surface area (Å²) >= 11 is 1.23. The van der Waals surface area contributed by atoms with Crippen molar-refractivity contribution in [1.82, 2.24) is 4.57 Å². The van der Waals surface area contributed by atoms with Crippen molar-refractivity contribution in [1.29, 1.82) is 0 Å². The average molecular weight is 577 g/mol. The van der Waals surface area contributed by atoms with E-state index in [2.05, 4.69) is 18.5 Å². The van der Waals surface area contributed by atoms with Crippen molar-refractivity contribution in [2.24, 2.45) is 4.99 Å². The highest BCUT2D eigenvalue weighted by Crippen LogP contribution is 2.36. The Labute approximate surface area is 241 Å². The lowest BCUT2D eigenvalue weighted by Crippen LogP contribution is -2.40. The number of carbonyl (C=O) groups is 2. The molecule has 0 spiro atoms. The predicted octanol–water partition coefficient (Wildman–Crippen LogP) is 4.08. The lowest BCUT2D eigenvalue weighted by molar-refractivity contribution is -0.138. The minimum atomic E-state index is -0.861. The molecule has 0 aliphatic carbocycles. The molecule has 4 rings (SSSR count). The van der Waals surface area contributed by atoms with Crippen LogP contribution < -0.4 is 29.1 Å². The highest BCUT2D eigenvalue weighted by Gasteiger charge is 2.34. The maximum absolute atomic E-state index is 13.9. The van der Waals surface area contributed by atoms with Crippen LogP contribution in [0.1, 0.15) is 50.8 Å². The van der Waals surface area contributed by atoms with Crippen LogP contribution in [0.2, 0.25) is 0 Å². The van der Waals surface area contributed by atoms with Crippen LogP contribution in [0.25, 0.3) is 6.08 Å². The van der Waals surface area contributed by atoms with Gasteiger partial charge in [-0.05, 0) is 54.8 Å². The van der Waals surface area contributed by atoms with E-state index in [0.29, 0.717) is 27.2 Å². The molecular formula is C31H32N2O7S. The first-order valence-corrected chi connectivity index (χ1v) is 14.0. The van der Waals surface area contributed by atoms with Gasteiger partial charge >= 0.3 is 11.9 Å². The van der Waals surface area contributed by atoms with E-state index in [1.54, 1.807) is 31.2 Å². The number of rotatable bonds is 11. The monoisotopic (exact) mass is 576 g/mol. The number of hydrogen-bond acceptors (Lipinski definition) is 9.